The maximum Gasteiger partial charge on any atom is 0.303 e. The fourth-order valence-electron chi connectivity index (χ4n) is 2.47. The minimum absolute atomic E-state index is 0.174. The Morgan fingerprint density at radius 2 is 1.79 bits per heavy atom. The third-order valence-corrected chi connectivity index (χ3v) is 5.88. The van der Waals surface area contributed by atoms with E-state index in [-0.39, 0.29) is 6.42 Å². The van der Waals surface area contributed by atoms with Gasteiger partial charge in [0, 0.05) is 32.6 Å². The highest BCUT2D eigenvalue weighted by atomic mass is 32.2. The standard InChI is InChI=1S/C12H24N2O4S/c1-3-13(4-2)19(17,18)14-9-7-11(8-10-14)5-6-12(15)16/h11H,3-10H2,1-2H3,(H,15,16). The molecule has 0 saturated carbocycles. The monoisotopic (exact) mass is 292 g/mol. The molecule has 1 saturated heterocycles. The van der Waals surface area contributed by atoms with Crippen molar-refractivity contribution in [2.75, 3.05) is 26.2 Å². The molecule has 0 unspecified atom stereocenters. The van der Waals surface area contributed by atoms with Gasteiger partial charge in [-0.1, -0.05) is 13.8 Å². The van der Waals surface area contributed by atoms with Crippen molar-refractivity contribution in [1.82, 2.24) is 8.61 Å². The van der Waals surface area contributed by atoms with E-state index >= 15 is 0 Å². The summed E-state index contributed by atoms with van der Waals surface area (Å²) in [6.07, 6.45) is 2.34. The average Bonchev–Trinajstić information content (AvgIpc) is 2.38. The number of carboxylic acids is 1. The maximum absolute atomic E-state index is 12.3. The van der Waals surface area contributed by atoms with Gasteiger partial charge < -0.3 is 5.11 Å². The van der Waals surface area contributed by atoms with Crippen molar-refractivity contribution in [3.05, 3.63) is 0 Å². The molecule has 6 nitrogen and oxygen atoms in total. The zero-order chi connectivity index (χ0) is 14.5. The molecule has 0 radical (unpaired) electrons. The molecule has 0 aromatic heterocycles. The van der Waals surface area contributed by atoms with E-state index in [1.165, 1.54) is 8.61 Å². The van der Waals surface area contributed by atoms with Crippen molar-refractivity contribution in [2.45, 2.75) is 39.5 Å². The highest BCUT2D eigenvalue weighted by Crippen LogP contribution is 2.24. The van der Waals surface area contributed by atoms with Gasteiger partial charge in [0.15, 0.2) is 0 Å². The van der Waals surface area contributed by atoms with Gasteiger partial charge in [-0.25, -0.2) is 0 Å². The number of carboxylic acid groups (broad SMARTS) is 1. The lowest BCUT2D eigenvalue weighted by Gasteiger charge is -2.34. The lowest BCUT2D eigenvalue weighted by Crippen LogP contribution is -2.47. The minimum Gasteiger partial charge on any atom is -0.481 e. The molecule has 1 heterocycles. The van der Waals surface area contributed by atoms with Gasteiger partial charge >= 0.3 is 5.97 Å². The molecule has 112 valence electrons. The highest BCUT2D eigenvalue weighted by molar-refractivity contribution is 7.86. The Labute approximate surface area is 115 Å². The molecular weight excluding hydrogens is 268 g/mol. The van der Waals surface area contributed by atoms with Crippen molar-refractivity contribution >= 4 is 16.2 Å². The van der Waals surface area contributed by atoms with Gasteiger partial charge in [-0.15, -0.1) is 0 Å². The zero-order valence-corrected chi connectivity index (χ0v) is 12.5. The number of rotatable bonds is 7. The number of hydrogen-bond donors (Lipinski definition) is 1. The lowest BCUT2D eigenvalue weighted by atomic mass is 9.93. The first-order valence-electron chi connectivity index (χ1n) is 6.88. The molecule has 0 aromatic carbocycles. The molecule has 0 bridgehead atoms. The predicted octanol–water partition coefficient (Wildman–Crippen LogP) is 1.15. The summed E-state index contributed by atoms with van der Waals surface area (Å²) in [5.74, 6) is -0.447. The van der Waals surface area contributed by atoms with Crippen molar-refractivity contribution in [3.63, 3.8) is 0 Å². The second-order valence-corrected chi connectivity index (χ2v) is 6.80. The van der Waals surface area contributed by atoms with Crippen LogP contribution in [0.2, 0.25) is 0 Å². The lowest BCUT2D eigenvalue weighted by molar-refractivity contribution is -0.137. The van der Waals surface area contributed by atoms with Gasteiger partial charge in [0.2, 0.25) is 0 Å². The zero-order valence-electron chi connectivity index (χ0n) is 11.7. The average molecular weight is 292 g/mol. The van der Waals surface area contributed by atoms with Crippen LogP contribution in [-0.2, 0) is 15.0 Å². The summed E-state index contributed by atoms with van der Waals surface area (Å²) in [4.78, 5) is 10.5. The van der Waals surface area contributed by atoms with Gasteiger partial charge in [0.05, 0.1) is 0 Å². The number of carbonyl (C=O) groups is 1. The first-order chi connectivity index (χ1) is 8.91. The third-order valence-electron chi connectivity index (χ3n) is 3.70. The second-order valence-electron chi connectivity index (χ2n) is 4.87. The second kappa shape index (κ2) is 7.21. The predicted molar refractivity (Wildman–Crippen MR) is 73.0 cm³/mol. The van der Waals surface area contributed by atoms with Crippen molar-refractivity contribution in [1.29, 1.82) is 0 Å². The fraction of sp³-hybridized carbons (Fsp3) is 0.917. The van der Waals surface area contributed by atoms with Crippen molar-refractivity contribution < 1.29 is 18.3 Å². The van der Waals surface area contributed by atoms with Crippen LogP contribution in [0.1, 0.15) is 39.5 Å². The van der Waals surface area contributed by atoms with Crippen LogP contribution in [0.4, 0.5) is 0 Å². The number of nitrogens with zero attached hydrogens (tertiary/aromatic N) is 2. The highest BCUT2D eigenvalue weighted by Gasteiger charge is 2.31. The van der Waals surface area contributed by atoms with Crippen LogP contribution in [0.5, 0.6) is 0 Å². The normalized spacial score (nSPS) is 18.9. The molecule has 1 aliphatic heterocycles. The van der Waals surface area contributed by atoms with Crippen molar-refractivity contribution in [3.8, 4) is 0 Å². The van der Waals surface area contributed by atoms with Gasteiger partial charge in [-0.2, -0.15) is 17.0 Å². The van der Waals surface area contributed by atoms with Crippen LogP contribution in [0.15, 0.2) is 0 Å². The van der Waals surface area contributed by atoms with Crippen molar-refractivity contribution in [2.24, 2.45) is 5.92 Å². The number of aliphatic carboxylic acids is 1. The Bertz CT molecular complexity index is 385. The van der Waals surface area contributed by atoms with Gasteiger partial charge in [0.1, 0.15) is 0 Å². The quantitative estimate of drug-likeness (QED) is 0.763. The molecule has 1 fully saturated rings. The maximum atomic E-state index is 12.3. The molecule has 1 rings (SSSR count). The number of piperidine rings is 1. The Hall–Kier alpha value is -0.660. The van der Waals surface area contributed by atoms with Crippen LogP contribution < -0.4 is 0 Å². The first-order valence-corrected chi connectivity index (χ1v) is 8.28. The van der Waals surface area contributed by atoms with E-state index in [0.717, 1.165) is 12.8 Å². The van der Waals surface area contributed by atoms with Crippen LogP contribution in [0, 0.1) is 5.92 Å². The molecule has 1 aliphatic rings. The summed E-state index contributed by atoms with van der Waals surface area (Å²) in [6, 6.07) is 0. The van der Waals surface area contributed by atoms with E-state index in [9.17, 15) is 13.2 Å². The van der Waals surface area contributed by atoms with E-state index in [2.05, 4.69) is 0 Å². The minimum atomic E-state index is -3.33. The molecule has 19 heavy (non-hydrogen) atoms. The van der Waals surface area contributed by atoms with Crippen LogP contribution >= 0.6 is 0 Å². The Morgan fingerprint density at radius 1 is 1.26 bits per heavy atom. The summed E-state index contributed by atoms with van der Waals surface area (Å²) in [6.45, 7) is 5.64. The van der Waals surface area contributed by atoms with Crippen LogP contribution in [0.3, 0.4) is 0 Å². The van der Waals surface area contributed by atoms with E-state index in [1.807, 2.05) is 13.8 Å². The number of hydrogen-bond acceptors (Lipinski definition) is 3. The third kappa shape index (κ3) is 4.43. The summed E-state index contributed by atoms with van der Waals surface area (Å²) >= 11 is 0. The van der Waals surface area contributed by atoms with Crippen LogP contribution in [-0.4, -0.2) is 54.3 Å². The molecule has 0 amide bonds. The molecular formula is C12H24N2O4S. The smallest absolute Gasteiger partial charge is 0.303 e. The molecule has 0 aromatic rings. The summed E-state index contributed by atoms with van der Waals surface area (Å²) in [7, 11) is -3.33. The molecule has 0 aliphatic carbocycles. The van der Waals surface area contributed by atoms with E-state index in [0.29, 0.717) is 38.5 Å². The summed E-state index contributed by atoms with van der Waals surface area (Å²) in [5, 5.41) is 8.65. The Balaban J connectivity index is 2.51. The fourth-order valence-corrected chi connectivity index (χ4v) is 4.12. The summed E-state index contributed by atoms with van der Waals surface area (Å²) < 4.78 is 27.5. The van der Waals surface area contributed by atoms with Gasteiger partial charge in [-0.05, 0) is 25.2 Å². The van der Waals surface area contributed by atoms with Gasteiger partial charge in [0.25, 0.3) is 10.2 Å². The molecule has 0 atom stereocenters. The topological polar surface area (TPSA) is 77.9 Å². The SMILES string of the molecule is CCN(CC)S(=O)(=O)N1CCC(CCC(=O)O)CC1. The van der Waals surface area contributed by atoms with Crippen LogP contribution in [0.25, 0.3) is 0 Å². The summed E-state index contributed by atoms with van der Waals surface area (Å²) in [5.41, 5.74) is 0. The Morgan fingerprint density at radius 3 is 2.21 bits per heavy atom. The van der Waals surface area contributed by atoms with E-state index in [4.69, 9.17) is 5.11 Å². The first kappa shape index (κ1) is 16.4. The molecule has 0 spiro atoms. The van der Waals surface area contributed by atoms with Gasteiger partial charge in [-0.3, -0.25) is 4.79 Å². The van der Waals surface area contributed by atoms with E-state index in [1.54, 1.807) is 0 Å². The van der Waals surface area contributed by atoms with E-state index < -0.39 is 16.2 Å². The molecule has 7 heteroatoms. The largest absolute Gasteiger partial charge is 0.481 e. The Kier molecular flexibility index (Phi) is 6.22. The molecule has 1 N–H and O–H groups in total.